The Morgan fingerprint density at radius 1 is 1.45 bits per heavy atom. The lowest BCUT2D eigenvalue weighted by atomic mass is 9.74. The van der Waals surface area contributed by atoms with Gasteiger partial charge in [-0.15, -0.1) is 0 Å². The molecule has 3 unspecified atom stereocenters. The highest BCUT2D eigenvalue weighted by molar-refractivity contribution is 5.28. The van der Waals surface area contributed by atoms with E-state index in [1.54, 1.807) is 0 Å². The summed E-state index contributed by atoms with van der Waals surface area (Å²) in [5.41, 5.74) is 2.99. The van der Waals surface area contributed by atoms with Gasteiger partial charge in [0.05, 0.1) is 18.3 Å². The first-order chi connectivity index (χ1) is 9.52. The van der Waals surface area contributed by atoms with Gasteiger partial charge in [-0.3, -0.25) is 4.68 Å². The minimum absolute atomic E-state index is 0.190. The van der Waals surface area contributed by atoms with Gasteiger partial charge < -0.3 is 10.4 Å². The van der Waals surface area contributed by atoms with Crippen molar-refractivity contribution >= 4 is 0 Å². The maximum absolute atomic E-state index is 10.2. The molecule has 112 valence electrons. The van der Waals surface area contributed by atoms with Gasteiger partial charge in [0, 0.05) is 17.3 Å². The van der Waals surface area contributed by atoms with Crippen molar-refractivity contribution in [1.29, 1.82) is 0 Å². The maximum Gasteiger partial charge on any atom is 0.0781 e. The van der Waals surface area contributed by atoms with Crippen molar-refractivity contribution in [3.05, 3.63) is 17.5 Å². The van der Waals surface area contributed by atoms with Gasteiger partial charge in [-0.2, -0.15) is 5.10 Å². The van der Waals surface area contributed by atoms with Crippen LogP contribution in [0.5, 0.6) is 0 Å². The number of rotatable bonds is 3. The molecule has 1 saturated carbocycles. The molecule has 4 nitrogen and oxygen atoms in total. The second-order valence-electron chi connectivity index (χ2n) is 7.21. The van der Waals surface area contributed by atoms with Crippen molar-refractivity contribution in [2.45, 2.75) is 71.1 Å². The van der Waals surface area contributed by atoms with Crippen LogP contribution >= 0.6 is 0 Å². The number of nitrogens with one attached hydrogen (secondary N) is 1. The lowest BCUT2D eigenvalue weighted by molar-refractivity contribution is 0.126. The molecule has 2 N–H and O–H groups in total. The Morgan fingerprint density at radius 3 is 2.90 bits per heavy atom. The van der Waals surface area contributed by atoms with Gasteiger partial charge in [-0.25, -0.2) is 0 Å². The molecule has 0 aromatic carbocycles. The van der Waals surface area contributed by atoms with Crippen LogP contribution in [-0.4, -0.2) is 27.5 Å². The van der Waals surface area contributed by atoms with Gasteiger partial charge in [-0.05, 0) is 44.1 Å². The first kappa shape index (κ1) is 14.1. The summed E-state index contributed by atoms with van der Waals surface area (Å²) < 4.78 is 2.14. The number of hydrogen-bond acceptors (Lipinski definition) is 3. The molecule has 1 aromatic rings. The molecule has 2 aliphatic carbocycles. The van der Waals surface area contributed by atoms with E-state index in [0.29, 0.717) is 11.5 Å². The fourth-order valence-electron chi connectivity index (χ4n) is 3.98. The third kappa shape index (κ3) is 2.40. The number of aliphatic hydroxyl groups is 1. The molecule has 0 aliphatic heterocycles. The molecule has 0 spiro atoms. The standard InChI is InChI=1S/C16H27N3O/c1-4-17-12-8-16(2,3)9-14-11(12)10-18-19(14)13-6-5-7-15(13)20/h10,12-13,15,17,20H,4-9H2,1-3H3. The molecule has 4 heteroatoms. The van der Waals surface area contributed by atoms with Crippen LogP contribution in [0, 0.1) is 5.41 Å². The quantitative estimate of drug-likeness (QED) is 0.893. The number of hydrogen-bond donors (Lipinski definition) is 2. The summed E-state index contributed by atoms with van der Waals surface area (Å²) in [5, 5.41) is 18.4. The largest absolute Gasteiger partial charge is 0.391 e. The van der Waals surface area contributed by atoms with E-state index in [1.165, 1.54) is 11.3 Å². The molecule has 1 heterocycles. The van der Waals surface area contributed by atoms with Crippen LogP contribution in [0.4, 0.5) is 0 Å². The topological polar surface area (TPSA) is 50.1 Å². The van der Waals surface area contributed by atoms with E-state index >= 15 is 0 Å². The Balaban J connectivity index is 1.96. The molecule has 0 radical (unpaired) electrons. The van der Waals surface area contributed by atoms with Crippen LogP contribution in [0.15, 0.2) is 6.20 Å². The molecule has 3 rings (SSSR count). The molecule has 3 atom stereocenters. The zero-order valence-electron chi connectivity index (χ0n) is 12.9. The summed E-state index contributed by atoms with van der Waals surface area (Å²) in [6.45, 7) is 7.81. The van der Waals surface area contributed by atoms with Crippen molar-refractivity contribution in [2.75, 3.05) is 6.54 Å². The third-order valence-electron chi connectivity index (χ3n) is 4.92. The Labute approximate surface area is 121 Å². The van der Waals surface area contributed by atoms with Crippen LogP contribution in [-0.2, 0) is 6.42 Å². The SMILES string of the molecule is CCNC1CC(C)(C)Cc2c1cnn2C1CCCC1O. The van der Waals surface area contributed by atoms with Crippen LogP contribution < -0.4 is 5.32 Å². The van der Waals surface area contributed by atoms with Gasteiger partial charge in [-0.1, -0.05) is 20.8 Å². The molecular formula is C16H27N3O. The summed E-state index contributed by atoms with van der Waals surface area (Å²) in [4.78, 5) is 0. The summed E-state index contributed by atoms with van der Waals surface area (Å²) in [5.74, 6) is 0. The van der Waals surface area contributed by atoms with Gasteiger partial charge in [0.15, 0.2) is 0 Å². The minimum atomic E-state index is -0.221. The number of nitrogens with zero attached hydrogens (tertiary/aromatic N) is 2. The second-order valence-corrected chi connectivity index (χ2v) is 7.21. The van der Waals surface area contributed by atoms with Crippen LogP contribution in [0.1, 0.15) is 69.8 Å². The van der Waals surface area contributed by atoms with Crippen molar-refractivity contribution < 1.29 is 5.11 Å². The first-order valence-electron chi connectivity index (χ1n) is 7.99. The molecule has 1 aromatic heterocycles. The molecule has 20 heavy (non-hydrogen) atoms. The van der Waals surface area contributed by atoms with Crippen molar-refractivity contribution in [2.24, 2.45) is 5.41 Å². The van der Waals surface area contributed by atoms with Gasteiger partial charge in [0.1, 0.15) is 0 Å². The highest BCUT2D eigenvalue weighted by Crippen LogP contribution is 2.42. The summed E-state index contributed by atoms with van der Waals surface area (Å²) in [6, 6.07) is 0.598. The molecular weight excluding hydrogens is 250 g/mol. The Morgan fingerprint density at radius 2 is 2.25 bits per heavy atom. The monoisotopic (exact) mass is 277 g/mol. The van der Waals surface area contributed by atoms with Crippen molar-refractivity contribution in [3.8, 4) is 0 Å². The molecule has 0 bridgehead atoms. The third-order valence-corrected chi connectivity index (χ3v) is 4.92. The molecule has 0 saturated heterocycles. The molecule has 1 fully saturated rings. The predicted octanol–water partition coefficient (Wildman–Crippen LogP) is 2.59. The highest BCUT2D eigenvalue weighted by Gasteiger charge is 2.37. The van der Waals surface area contributed by atoms with Gasteiger partial charge in [0.2, 0.25) is 0 Å². The van der Waals surface area contributed by atoms with E-state index in [2.05, 4.69) is 35.9 Å². The number of fused-ring (bicyclic) bond motifs is 1. The Bertz CT molecular complexity index is 480. The lowest BCUT2D eigenvalue weighted by Gasteiger charge is -2.36. The zero-order valence-corrected chi connectivity index (χ0v) is 12.9. The maximum atomic E-state index is 10.2. The minimum Gasteiger partial charge on any atom is -0.391 e. The average Bonchev–Trinajstić information content (AvgIpc) is 2.94. The predicted molar refractivity (Wildman–Crippen MR) is 79.6 cm³/mol. The normalized spacial score (nSPS) is 32.3. The lowest BCUT2D eigenvalue weighted by Crippen LogP contribution is -2.34. The molecule has 2 aliphatic rings. The second kappa shape index (κ2) is 5.15. The Hall–Kier alpha value is -0.870. The summed E-state index contributed by atoms with van der Waals surface area (Å²) in [6.07, 6.45) is 7.12. The van der Waals surface area contributed by atoms with E-state index in [4.69, 9.17) is 0 Å². The van der Waals surface area contributed by atoms with Crippen LogP contribution in [0.2, 0.25) is 0 Å². The van der Waals surface area contributed by atoms with Crippen LogP contribution in [0.3, 0.4) is 0 Å². The zero-order chi connectivity index (χ0) is 14.3. The van der Waals surface area contributed by atoms with E-state index in [9.17, 15) is 5.11 Å². The fraction of sp³-hybridized carbons (Fsp3) is 0.812. The van der Waals surface area contributed by atoms with E-state index in [1.807, 2.05) is 6.20 Å². The van der Waals surface area contributed by atoms with E-state index in [0.717, 1.165) is 38.6 Å². The first-order valence-corrected chi connectivity index (χ1v) is 7.99. The smallest absolute Gasteiger partial charge is 0.0781 e. The van der Waals surface area contributed by atoms with Crippen LogP contribution in [0.25, 0.3) is 0 Å². The fourth-order valence-corrected chi connectivity index (χ4v) is 3.98. The number of aliphatic hydroxyl groups excluding tert-OH is 1. The van der Waals surface area contributed by atoms with E-state index < -0.39 is 0 Å². The van der Waals surface area contributed by atoms with E-state index in [-0.39, 0.29) is 12.1 Å². The van der Waals surface area contributed by atoms with Gasteiger partial charge in [0.25, 0.3) is 0 Å². The van der Waals surface area contributed by atoms with Crippen molar-refractivity contribution in [1.82, 2.24) is 15.1 Å². The van der Waals surface area contributed by atoms with Crippen molar-refractivity contribution in [3.63, 3.8) is 0 Å². The average molecular weight is 277 g/mol. The number of aromatic nitrogens is 2. The summed E-state index contributed by atoms with van der Waals surface area (Å²) >= 11 is 0. The molecule has 0 amide bonds. The Kier molecular flexibility index (Phi) is 3.63. The highest BCUT2D eigenvalue weighted by atomic mass is 16.3. The van der Waals surface area contributed by atoms with Gasteiger partial charge >= 0.3 is 0 Å². The summed E-state index contributed by atoms with van der Waals surface area (Å²) in [7, 11) is 0.